The predicted molar refractivity (Wildman–Crippen MR) is 137 cm³/mol. The summed E-state index contributed by atoms with van der Waals surface area (Å²) in [6, 6.07) is 15.9. The first-order valence-electron chi connectivity index (χ1n) is 12.8. The number of unbranched alkanes of at least 4 members (excludes halogenated alkanes) is 10. The normalized spacial score (nSPS) is 11.1. The second-order valence-electron chi connectivity index (χ2n) is 8.71. The molecule has 3 nitrogen and oxygen atoms in total. The summed E-state index contributed by atoms with van der Waals surface area (Å²) in [7, 11) is -2.67. The van der Waals surface area contributed by atoms with Gasteiger partial charge in [0.05, 0.1) is 0 Å². The minimum atomic E-state index is -2.67. The van der Waals surface area contributed by atoms with Gasteiger partial charge in [0.25, 0.3) is 0 Å². The van der Waals surface area contributed by atoms with Crippen LogP contribution in [0.15, 0.2) is 48.5 Å². The summed E-state index contributed by atoms with van der Waals surface area (Å²) in [5, 5.41) is 0. The van der Waals surface area contributed by atoms with E-state index in [-0.39, 0.29) is 0 Å². The lowest BCUT2D eigenvalue weighted by Gasteiger charge is -2.14. The molecule has 0 N–H and O–H groups in total. The van der Waals surface area contributed by atoms with E-state index >= 15 is 0 Å². The van der Waals surface area contributed by atoms with Crippen LogP contribution in [-0.4, -0.2) is 0 Å². The zero-order chi connectivity index (χ0) is 22.9. The van der Waals surface area contributed by atoms with Gasteiger partial charge in [0.2, 0.25) is 0 Å². The predicted octanol–water partition coefficient (Wildman–Crippen LogP) is 9.34. The molecule has 0 amide bonds. The number of hydrogen-bond donors (Lipinski definition) is 0. The van der Waals surface area contributed by atoms with Crippen LogP contribution in [0, 0.1) is 0 Å². The van der Waals surface area contributed by atoms with Gasteiger partial charge in [-0.15, -0.1) is 0 Å². The Balaban J connectivity index is 1.84. The van der Waals surface area contributed by atoms with Gasteiger partial charge in [-0.25, -0.2) is 4.57 Å². The highest BCUT2D eigenvalue weighted by Gasteiger charge is 2.11. The summed E-state index contributed by atoms with van der Waals surface area (Å²) in [4.78, 5) is 0. The van der Waals surface area contributed by atoms with Crippen molar-refractivity contribution >= 4 is 8.25 Å². The van der Waals surface area contributed by atoms with Crippen LogP contribution in [0.2, 0.25) is 0 Å². The first-order chi connectivity index (χ1) is 15.7. The number of hydrogen-bond acceptors (Lipinski definition) is 3. The van der Waals surface area contributed by atoms with Gasteiger partial charge in [0.15, 0.2) is 0 Å². The highest BCUT2D eigenvalue weighted by molar-refractivity contribution is 7.34. The van der Waals surface area contributed by atoms with Crippen molar-refractivity contribution in [1.29, 1.82) is 0 Å². The van der Waals surface area contributed by atoms with Crippen LogP contribution in [0.4, 0.5) is 0 Å². The zero-order valence-corrected chi connectivity index (χ0v) is 21.2. The van der Waals surface area contributed by atoms with E-state index in [1.54, 1.807) is 0 Å². The lowest BCUT2D eigenvalue weighted by atomic mass is 10.0. The third kappa shape index (κ3) is 10.7. The van der Waals surface area contributed by atoms with Gasteiger partial charge in [-0.05, 0) is 48.9 Å². The van der Waals surface area contributed by atoms with E-state index in [2.05, 4.69) is 26.0 Å². The van der Waals surface area contributed by atoms with Crippen LogP contribution in [-0.2, 0) is 17.4 Å². The van der Waals surface area contributed by atoms with Gasteiger partial charge >= 0.3 is 8.25 Å². The number of para-hydroxylation sites is 2. The largest absolute Gasteiger partial charge is 0.418 e. The minimum Gasteiger partial charge on any atom is -0.418 e. The maximum atomic E-state index is 12.7. The van der Waals surface area contributed by atoms with Crippen molar-refractivity contribution in [2.75, 3.05) is 0 Å². The molecule has 32 heavy (non-hydrogen) atoms. The maximum Gasteiger partial charge on any atom is 0.418 e. The Bertz CT molecular complexity index is 711. The van der Waals surface area contributed by atoms with Crippen molar-refractivity contribution in [2.24, 2.45) is 0 Å². The van der Waals surface area contributed by atoms with Crippen molar-refractivity contribution in [3.05, 3.63) is 59.7 Å². The second-order valence-corrected chi connectivity index (χ2v) is 9.61. The van der Waals surface area contributed by atoms with Crippen LogP contribution in [0.3, 0.4) is 0 Å². The molecule has 0 saturated carbocycles. The van der Waals surface area contributed by atoms with E-state index in [4.69, 9.17) is 9.05 Å². The number of rotatable bonds is 18. The van der Waals surface area contributed by atoms with Crippen LogP contribution < -0.4 is 9.05 Å². The summed E-state index contributed by atoms with van der Waals surface area (Å²) in [5.74, 6) is 1.39. The van der Waals surface area contributed by atoms with Gasteiger partial charge in [0.1, 0.15) is 11.5 Å². The molecule has 0 spiro atoms. The molecule has 0 unspecified atom stereocenters. The number of benzene rings is 2. The SMILES string of the molecule is CCCCCCCCc1ccccc1O[PH](=O)Oc1ccccc1CCCCCCCC. The lowest BCUT2D eigenvalue weighted by molar-refractivity contribution is 0.411. The molecule has 2 aromatic rings. The zero-order valence-electron chi connectivity index (χ0n) is 20.2. The standard InChI is InChI=1S/C28H43O3P/c1-3-5-7-9-11-13-19-25-21-15-17-23-27(25)30-32(29)31-28-24-18-16-22-26(28)20-14-12-10-8-6-4-2/h15-18,21-24,32H,3-14,19-20H2,1-2H3. The molecule has 2 aromatic carbocycles. The molecule has 0 aliphatic rings. The van der Waals surface area contributed by atoms with Gasteiger partial charge in [-0.1, -0.05) is 114 Å². The molecule has 0 atom stereocenters. The summed E-state index contributed by atoms with van der Waals surface area (Å²) in [6.07, 6.45) is 17.0. The summed E-state index contributed by atoms with van der Waals surface area (Å²) >= 11 is 0. The Kier molecular flexibility index (Phi) is 14.0. The molecule has 0 saturated heterocycles. The average Bonchev–Trinajstić information content (AvgIpc) is 2.80. The van der Waals surface area contributed by atoms with E-state index in [9.17, 15) is 4.57 Å². The maximum absolute atomic E-state index is 12.7. The molecule has 0 aliphatic carbocycles. The molecule has 0 fully saturated rings. The molecule has 0 radical (unpaired) electrons. The Hall–Kier alpha value is -1.73. The average molecular weight is 459 g/mol. The van der Waals surface area contributed by atoms with Crippen molar-refractivity contribution < 1.29 is 13.6 Å². The third-order valence-electron chi connectivity index (χ3n) is 5.93. The monoisotopic (exact) mass is 458 g/mol. The van der Waals surface area contributed by atoms with Crippen LogP contribution >= 0.6 is 8.25 Å². The van der Waals surface area contributed by atoms with Crippen LogP contribution in [0.5, 0.6) is 11.5 Å². The van der Waals surface area contributed by atoms with Gasteiger partial charge in [-0.2, -0.15) is 0 Å². The van der Waals surface area contributed by atoms with Crippen molar-refractivity contribution in [1.82, 2.24) is 0 Å². The Morgan fingerprint density at radius 3 is 1.38 bits per heavy atom. The summed E-state index contributed by atoms with van der Waals surface area (Å²) < 4.78 is 24.3. The molecule has 0 aromatic heterocycles. The molecule has 4 heteroatoms. The van der Waals surface area contributed by atoms with Crippen LogP contribution in [0.25, 0.3) is 0 Å². The third-order valence-corrected chi connectivity index (χ3v) is 6.70. The van der Waals surface area contributed by atoms with E-state index in [0.29, 0.717) is 11.5 Å². The van der Waals surface area contributed by atoms with E-state index in [1.165, 1.54) is 64.2 Å². The Morgan fingerprint density at radius 1 is 0.562 bits per heavy atom. The second kappa shape index (κ2) is 16.8. The van der Waals surface area contributed by atoms with Gasteiger partial charge < -0.3 is 9.05 Å². The Labute approximate surface area is 196 Å². The first kappa shape index (κ1) is 26.5. The van der Waals surface area contributed by atoms with E-state index < -0.39 is 8.25 Å². The molecular formula is C28H43O3P. The molecular weight excluding hydrogens is 415 g/mol. The topological polar surface area (TPSA) is 35.5 Å². The molecule has 0 bridgehead atoms. The fourth-order valence-electron chi connectivity index (χ4n) is 4.01. The lowest BCUT2D eigenvalue weighted by Crippen LogP contribution is -1.96. The molecule has 0 aliphatic heterocycles. The fraction of sp³-hybridized carbons (Fsp3) is 0.571. The van der Waals surface area contributed by atoms with Crippen molar-refractivity contribution in [3.8, 4) is 11.5 Å². The summed E-state index contributed by atoms with van der Waals surface area (Å²) in [5.41, 5.74) is 2.23. The quantitative estimate of drug-likeness (QED) is 0.165. The van der Waals surface area contributed by atoms with Crippen molar-refractivity contribution in [3.63, 3.8) is 0 Å². The molecule has 178 valence electrons. The summed E-state index contributed by atoms with van der Waals surface area (Å²) in [6.45, 7) is 4.48. The van der Waals surface area contributed by atoms with Gasteiger partial charge in [0, 0.05) is 0 Å². The van der Waals surface area contributed by atoms with E-state index in [1.807, 2.05) is 36.4 Å². The van der Waals surface area contributed by atoms with Crippen molar-refractivity contribution in [2.45, 2.75) is 104 Å². The Morgan fingerprint density at radius 2 is 0.938 bits per heavy atom. The van der Waals surface area contributed by atoms with Crippen LogP contribution in [0.1, 0.15) is 102 Å². The highest BCUT2D eigenvalue weighted by atomic mass is 31.1. The van der Waals surface area contributed by atoms with Gasteiger partial charge in [-0.3, -0.25) is 0 Å². The fourth-order valence-corrected chi connectivity index (χ4v) is 4.81. The molecule has 0 heterocycles. The highest BCUT2D eigenvalue weighted by Crippen LogP contribution is 2.35. The smallest absolute Gasteiger partial charge is 0.418 e. The minimum absolute atomic E-state index is 0.693. The number of aryl methyl sites for hydroxylation is 2. The molecule has 2 rings (SSSR count). The van der Waals surface area contributed by atoms with E-state index in [0.717, 1.165) is 36.8 Å². The first-order valence-corrected chi connectivity index (χ1v) is 14.0.